The van der Waals surface area contributed by atoms with Gasteiger partial charge in [0.25, 0.3) is 0 Å². The SMILES string of the molecule is COC(=O)[C@@H](C)N1C(=O)C(F)(F)Oc2cc(F)c(-c3c(F)c(F)cc(F)c3F)cc21. The molecule has 0 saturated heterocycles. The lowest BCUT2D eigenvalue weighted by atomic mass is 10.0. The second kappa shape index (κ2) is 7.18. The third kappa shape index (κ3) is 3.21. The topological polar surface area (TPSA) is 55.8 Å². The maximum atomic E-state index is 14.5. The van der Waals surface area contributed by atoms with Crippen LogP contribution in [0.15, 0.2) is 18.2 Å². The van der Waals surface area contributed by atoms with Crippen molar-refractivity contribution in [3.05, 3.63) is 47.3 Å². The molecule has 0 N–H and O–H groups in total. The summed E-state index contributed by atoms with van der Waals surface area (Å²) in [4.78, 5) is 24.1. The Hall–Kier alpha value is -3.31. The molecular weight excluding hydrogens is 427 g/mol. The van der Waals surface area contributed by atoms with Gasteiger partial charge in [-0.2, -0.15) is 8.78 Å². The molecule has 0 aliphatic carbocycles. The summed E-state index contributed by atoms with van der Waals surface area (Å²) in [6.45, 7) is 0.987. The molecule has 160 valence electrons. The minimum atomic E-state index is -4.51. The molecule has 12 heteroatoms. The minimum absolute atomic E-state index is 0.108. The molecule has 0 fully saturated rings. The first-order valence-electron chi connectivity index (χ1n) is 8.06. The van der Waals surface area contributed by atoms with Gasteiger partial charge in [-0.25, -0.2) is 26.7 Å². The minimum Gasteiger partial charge on any atom is -0.467 e. The van der Waals surface area contributed by atoms with E-state index in [2.05, 4.69) is 9.47 Å². The summed E-state index contributed by atoms with van der Waals surface area (Å²) < 4.78 is 106. The van der Waals surface area contributed by atoms with E-state index in [0.717, 1.165) is 14.0 Å². The number of esters is 1. The Kier molecular flexibility index (Phi) is 5.12. The van der Waals surface area contributed by atoms with Crippen LogP contribution >= 0.6 is 0 Å². The first-order valence-corrected chi connectivity index (χ1v) is 8.06. The second-order valence-corrected chi connectivity index (χ2v) is 6.14. The van der Waals surface area contributed by atoms with Gasteiger partial charge in [-0.15, -0.1) is 0 Å². The maximum absolute atomic E-state index is 14.5. The average Bonchev–Trinajstić information content (AvgIpc) is 2.67. The van der Waals surface area contributed by atoms with Crippen LogP contribution < -0.4 is 9.64 Å². The second-order valence-electron chi connectivity index (χ2n) is 6.14. The number of halogens is 7. The van der Waals surface area contributed by atoms with Crippen LogP contribution in [-0.4, -0.2) is 31.1 Å². The molecule has 3 rings (SSSR count). The normalized spacial score (nSPS) is 16.0. The van der Waals surface area contributed by atoms with Gasteiger partial charge in [0.05, 0.1) is 18.4 Å². The lowest BCUT2D eigenvalue weighted by Crippen LogP contribution is -2.56. The molecule has 1 atom stereocenters. The number of fused-ring (bicyclic) bond motifs is 1. The van der Waals surface area contributed by atoms with Crippen LogP contribution in [0.1, 0.15) is 6.92 Å². The molecule has 0 saturated carbocycles. The monoisotopic (exact) mass is 437 g/mol. The van der Waals surface area contributed by atoms with Crippen LogP contribution in [0.2, 0.25) is 0 Å². The number of alkyl halides is 2. The molecule has 0 spiro atoms. The van der Waals surface area contributed by atoms with Gasteiger partial charge in [-0.05, 0) is 13.0 Å². The third-order valence-electron chi connectivity index (χ3n) is 4.32. The Morgan fingerprint density at radius 2 is 1.60 bits per heavy atom. The highest BCUT2D eigenvalue weighted by Gasteiger charge is 2.53. The molecule has 1 amide bonds. The highest BCUT2D eigenvalue weighted by atomic mass is 19.3. The standard InChI is InChI=1S/C18H10F7NO4/c1-6(16(27)29-2)26-11-3-7(13-14(22)9(20)4-10(21)15(13)23)8(19)5-12(11)30-18(24,25)17(26)28/h3-6H,1-2H3/t6-/m1/s1. The molecule has 5 nitrogen and oxygen atoms in total. The van der Waals surface area contributed by atoms with Crippen molar-refractivity contribution in [2.24, 2.45) is 0 Å². The number of nitrogens with zero attached hydrogens (tertiary/aromatic N) is 1. The number of carbonyl (C=O) groups is 2. The van der Waals surface area contributed by atoms with E-state index in [1.165, 1.54) is 0 Å². The number of rotatable bonds is 3. The van der Waals surface area contributed by atoms with Crippen LogP contribution in [-0.2, 0) is 14.3 Å². The Balaban J connectivity index is 2.31. The maximum Gasteiger partial charge on any atom is 0.483 e. The first kappa shape index (κ1) is 21.4. The van der Waals surface area contributed by atoms with Crippen molar-refractivity contribution in [2.75, 3.05) is 12.0 Å². The number of ether oxygens (including phenoxy) is 2. The summed E-state index contributed by atoms with van der Waals surface area (Å²) in [7, 11) is 0.902. The molecule has 2 aromatic carbocycles. The van der Waals surface area contributed by atoms with Gasteiger partial charge in [0, 0.05) is 17.7 Å². The molecule has 1 aliphatic rings. The molecule has 30 heavy (non-hydrogen) atoms. The number of methoxy groups -OCH3 is 1. The predicted molar refractivity (Wildman–Crippen MR) is 86.2 cm³/mol. The van der Waals surface area contributed by atoms with Gasteiger partial charge in [-0.3, -0.25) is 9.69 Å². The van der Waals surface area contributed by atoms with Gasteiger partial charge in [0.15, 0.2) is 29.0 Å². The van der Waals surface area contributed by atoms with Crippen molar-refractivity contribution in [3.8, 4) is 16.9 Å². The zero-order chi connectivity index (χ0) is 22.5. The van der Waals surface area contributed by atoms with E-state index in [0.29, 0.717) is 6.07 Å². The summed E-state index contributed by atoms with van der Waals surface area (Å²) in [5, 5.41) is 0. The van der Waals surface area contributed by atoms with Crippen molar-refractivity contribution in [3.63, 3.8) is 0 Å². The smallest absolute Gasteiger partial charge is 0.467 e. The molecule has 0 unspecified atom stereocenters. The molecule has 1 heterocycles. The fourth-order valence-electron chi connectivity index (χ4n) is 2.91. The fourth-order valence-corrected chi connectivity index (χ4v) is 2.91. The van der Waals surface area contributed by atoms with Crippen molar-refractivity contribution < 1.29 is 49.8 Å². The zero-order valence-electron chi connectivity index (χ0n) is 15.0. The van der Waals surface area contributed by atoms with E-state index in [1.54, 1.807) is 0 Å². The molecule has 0 radical (unpaired) electrons. The number of anilines is 1. The summed E-state index contributed by atoms with van der Waals surface area (Å²) >= 11 is 0. The first-order chi connectivity index (χ1) is 13.9. The van der Waals surface area contributed by atoms with Gasteiger partial charge < -0.3 is 9.47 Å². The summed E-state index contributed by atoms with van der Waals surface area (Å²) in [5.41, 5.74) is -3.29. The molecular formula is C18H10F7NO4. The number of carbonyl (C=O) groups excluding carboxylic acids is 2. The fraction of sp³-hybridized carbons (Fsp3) is 0.222. The summed E-state index contributed by atoms with van der Waals surface area (Å²) in [6, 6.07) is -1.11. The Morgan fingerprint density at radius 1 is 1.03 bits per heavy atom. The van der Waals surface area contributed by atoms with E-state index in [9.17, 15) is 40.3 Å². The number of hydrogen-bond acceptors (Lipinski definition) is 4. The van der Waals surface area contributed by atoms with Crippen LogP contribution in [0.5, 0.6) is 5.75 Å². The molecule has 0 aromatic heterocycles. The van der Waals surface area contributed by atoms with Crippen molar-refractivity contribution in [1.29, 1.82) is 0 Å². The van der Waals surface area contributed by atoms with E-state index < -0.39 is 75.7 Å². The van der Waals surface area contributed by atoms with E-state index in [-0.39, 0.29) is 17.0 Å². The number of hydrogen-bond donors (Lipinski definition) is 0. The van der Waals surface area contributed by atoms with Crippen LogP contribution in [0.25, 0.3) is 11.1 Å². The Morgan fingerprint density at radius 3 is 2.13 bits per heavy atom. The van der Waals surface area contributed by atoms with Crippen LogP contribution in [0.3, 0.4) is 0 Å². The highest BCUT2D eigenvalue weighted by molar-refractivity contribution is 6.05. The van der Waals surface area contributed by atoms with E-state index in [4.69, 9.17) is 0 Å². The lowest BCUT2D eigenvalue weighted by molar-refractivity contribution is -0.193. The van der Waals surface area contributed by atoms with Gasteiger partial charge in [0.2, 0.25) is 0 Å². The van der Waals surface area contributed by atoms with Crippen molar-refractivity contribution >= 4 is 17.6 Å². The Bertz CT molecular complexity index is 1050. The quantitative estimate of drug-likeness (QED) is 0.415. The number of benzene rings is 2. The molecule has 0 bridgehead atoms. The lowest BCUT2D eigenvalue weighted by Gasteiger charge is -2.36. The van der Waals surface area contributed by atoms with Crippen LogP contribution in [0.4, 0.5) is 36.4 Å². The van der Waals surface area contributed by atoms with E-state index >= 15 is 0 Å². The third-order valence-corrected chi connectivity index (χ3v) is 4.32. The van der Waals surface area contributed by atoms with Crippen LogP contribution in [0, 0.1) is 29.1 Å². The highest BCUT2D eigenvalue weighted by Crippen LogP contribution is 2.44. The van der Waals surface area contributed by atoms with Gasteiger partial charge in [0.1, 0.15) is 11.9 Å². The summed E-state index contributed by atoms with van der Waals surface area (Å²) in [5.74, 6) is -13.4. The molecule has 1 aliphatic heterocycles. The zero-order valence-corrected chi connectivity index (χ0v) is 15.0. The van der Waals surface area contributed by atoms with E-state index in [1.807, 2.05) is 0 Å². The van der Waals surface area contributed by atoms with Crippen molar-refractivity contribution in [2.45, 2.75) is 19.1 Å². The number of amides is 1. The largest absolute Gasteiger partial charge is 0.483 e. The van der Waals surface area contributed by atoms with Gasteiger partial charge in [-0.1, -0.05) is 0 Å². The van der Waals surface area contributed by atoms with Gasteiger partial charge >= 0.3 is 18.0 Å². The summed E-state index contributed by atoms with van der Waals surface area (Å²) in [6.07, 6.45) is -4.51. The molecule has 2 aromatic rings. The van der Waals surface area contributed by atoms with Crippen molar-refractivity contribution in [1.82, 2.24) is 0 Å². The predicted octanol–water partition coefficient (Wildman–Crippen LogP) is 3.93. The Labute approximate surface area is 163 Å². The average molecular weight is 437 g/mol.